The van der Waals surface area contributed by atoms with E-state index in [1.165, 1.54) is 40.7 Å². The Morgan fingerprint density at radius 3 is 2.53 bits per heavy atom. The van der Waals surface area contributed by atoms with E-state index in [2.05, 4.69) is 35.1 Å². The van der Waals surface area contributed by atoms with Crippen molar-refractivity contribution in [2.45, 2.75) is 32.6 Å². The normalized spacial score (nSPS) is 16.6. The zero-order valence-electron chi connectivity index (χ0n) is 11.3. The summed E-state index contributed by atoms with van der Waals surface area (Å²) in [5.74, 6) is 0.682. The maximum atomic E-state index is 5.40. The molecule has 0 spiro atoms. The van der Waals surface area contributed by atoms with Crippen molar-refractivity contribution in [2.75, 3.05) is 13.1 Å². The number of rotatable bonds is 1. The van der Waals surface area contributed by atoms with Crippen molar-refractivity contribution >= 4 is 28.3 Å². The number of fused-ring (bicyclic) bond motifs is 1. The van der Waals surface area contributed by atoms with Crippen LogP contribution in [0.4, 0.5) is 0 Å². The zero-order valence-corrected chi connectivity index (χ0v) is 13.7. The minimum absolute atomic E-state index is 0. The van der Waals surface area contributed by atoms with E-state index in [1.54, 1.807) is 6.26 Å². The monoisotopic (exact) mass is 343 g/mol. The van der Waals surface area contributed by atoms with E-state index in [9.17, 15) is 0 Å². The summed E-state index contributed by atoms with van der Waals surface area (Å²) in [4.78, 5) is 0. The van der Waals surface area contributed by atoms with Crippen LogP contribution in [-0.2, 0) is 0 Å². The Morgan fingerprint density at radius 1 is 1.16 bits per heavy atom. The zero-order chi connectivity index (χ0) is 12.7. The molecule has 1 fully saturated rings. The van der Waals surface area contributed by atoms with Gasteiger partial charge in [0, 0.05) is 11.1 Å². The lowest BCUT2D eigenvalue weighted by Crippen LogP contribution is -2.26. The minimum Gasteiger partial charge on any atom is -0.471 e. The predicted molar refractivity (Wildman–Crippen MR) is 84.6 cm³/mol. The Bertz CT molecular complexity index is 546. The molecule has 2 nitrogen and oxygen atoms in total. The standard InChI is InChI=1S/C15H18BrNO.ClH/c1-9-10(2)14(11-3-5-17-6-4-11)15-12(9)7-18-8-13(15)16;/h7-8,11,17H,3-6H2,1-2H3;1H. The largest absolute Gasteiger partial charge is 0.471 e. The van der Waals surface area contributed by atoms with E-state index in [1.807, 2.05) is 6.26 Å². The lowest BCUT2D eigenvalue weighted by Gasteiger charge is -2.24. The summed E-state index contributed by atoms with van der Waals surface area (Å²) < 4.78 is 6.49. The molecule has 19 heavy (non-hydrogen) atoms. The summed E-state index contributed by atoms with van der Waals surface area (Å²) in [5.41, 5.74) is 6.97. The van der Waals surface area contributed by atoms with Gasteiger partial charge in [-0.2, -0.15) is 0 Å². The first kappa shape index (κ1) is 14.9. The quantitative estimate of drug-likeness (QED) is 0.814. The van der Waals surface area contributed by atoms with Crippen LogP contribution in [0.3, 0.4) is 0 Å². The van der Waals surface area contributed by atoms with E-state index in [4.69, 9.17) is 4.42 Å². The molecule has 3 rings (SSSR count). The molecule has 1 saturated heterocycles. The summed E-state index contributed by atoms with van der Waals surface area (Å²) in [6.07, 6.45) is 6.15. The molecule has 0 atom stereocenters. The molecule has 2 aliphatic heterocycles. The SMILES string of the molecule is Cc1c2cocc(Br)c-2c(C2CCNCC2)c1C.Cl. The smallest absolute Gasteiger partial charge is 0.105 e. The minimum atomic E-state index is 0. The highest BCUT2D eigenvalue weighted by Gasteiger charge is 2.27. The fourth-order valence-electron chi connectivity index (χ4n) is 3.17. The van der Waals surface area contributed by atoms with E-state index in [-0.39, 0.29) is 12.4 Å². The molecule has 0 bridgehead atoms. The second kappa shape index (κ2) is 5.86. The summed E-state index contributed by atoms with van der Waals surface area (Å²) in [7, 11) is 0. The van der Waals surface area contributed by atoms with Gasteiger partial charge in [-0.25, -0.2) is 0 Å². The molecule has 104 valence electrons. The Morgan fingerprint density at radius 2 is 1.84 bits per heavy atom. The average molecular weight is 345 g/mol. The molecule has 0 aromatic carbocycles. The third-order valence-electron chi connectivity index (χ3n) is 4.25. The molecule has 0 aromatic rings. The number of halogens is 2. The fourth-order valence-corrected chi connectivity index (χ4v) is 3.71. The first-order chi connectivity index (χ1) is 8.70. The second-order valence-corrected chi connectivity index (χ2v) is 6.05. The summed E-state index contributed by atoms with van der Waals surface area (Å²) >= 11 is 3.65. The molecule has 2 heterocycles. The van der Waals surface area contributed by atoms with Crippen LogP contribution in [0.1, 0.15) is 35.4 Å². The van der Waals surface area contributed by atoms with Gasteiger partial charge in [0.05, 0.1) is 10.7 Å². The van der Waals surface area contributed by atoms with E-state index >= 15 is 0 Å². The molecule has 3 aliphatic rings. The van der Waals surface area contributed by atoms with Crippen molar-refractivity contribution in [1.82, 2.24) is 5.32 Å². The van der Waals surface area contributed by atoms with E-state index in [0.717, 1.165) is 17.6 Å². The van der Waals surface area contributed by atoms with Crippen LogP contribution in [0.2, 0.25) is 0 Å². The second-order valence-electron chi connectivity index (χ2n) is 5.20. The van der Waals surface area contributed by atoms with Crippen molar-refractivity contribution in [1.29, 1.82) is 0 Å². The molecular weight excluding hydrogens is 326 g/mol. The van der Waals surface area contributed by atoms with Crippen LogP contribution >= 0.6 is 28.3 Å². The van der Waals surface area contributed by atoms with Crippen molar-refractivity contribution in [3.8, 4) is 11.1 Å². The predicted octanol–water partition coefficient (Wildman–Crippen LogP) is 4.65. The highest BCUT2D eigenvalue weighted by Crippen LogP contribution is 2.46. The van der Waals surface area contributed by atoms with Crippen LogP contribution < -0.4 is 5.32 Å². The Kier molecular flexibility index (Phi) is 4.59. The van der Waals surface area contributed by atoms with Crippen molar-refractivity contribution in [3.05, 3.63) is 33.7 Å². The molecular formula is C15H19BrClNO. The Labute approximate surface area is 128 Å². The lowest BCUT2D eigenvalue weighted by molar-refractivity contribution is 0.460. The first-order valence-electron chi connectivity index (χ1n) is 6.55. The van der Waals surface area contributed by atoms with Crippen molar-refractivity contribution in [2.24, 2.45) is 0 Å². The molecule has 1 aliphatic carbocycles. The summed E-state index contributed by atoms with van der Waals surface area (Å²) in [6.45, 7) is 6.71. The number of hydrogen-bond acceptors (Lipinski definition) is 2. The van der Waals surface area contributed by atoms with Crippen molar-refractivity contribution in [3.63, 3.8) is 0 Å². The third kappa shape index (κ3) is 2.44. The third-order valence-corrected chi connectivity index (χ3v) is 4.84. The molecule has 0 unspecified atom stereocenters. The van der Waals surface area contributed by atoms with Gasteiger partial charge in [-0.1, -0.05) is 0 Å². The fraction of sp³-hybridized carbons (Fsp3) is 0.467. The van der Waals surface area contributed by atoms with Gasteiger partial charge in [0.15, 0.2) is 0 Å². The van der Waals surface area contributed by atoms with E-state index < -0.39 is 0 Å². The average Bonchev–Trinajstić information content (AvgIpc) is 2.65. The summed E-state index contributed by atoms with van der Waals surface area (Å²) in [5, 5.41) is 3.44. The van der Waals surface area contributed by atoms with Crippen LogP contribution in [0, 0.1) is 13.8 Å². The van der Waals surface area contributed by atoms with Crippen LogP contribution in [0.15, 0.2) is 21.4 Å². The van der Waals surface area contributed by atoms with Crippen LogP contribution in [-0.4, -0.2) is 13.1 Å². The molecule has 4 heteroatoms. The highest BCUT2D eigenvalue weighted by molar-refractivity contribution is 9.10. The highest BCUT2D eigenvalue weighted by atomic mass is 79.9. The van der Waals surface area contributed by atoms with Gasteiger partial charge in [-0.3, -0.25) is 0 Å². The molecule has 0 saturated carbocycles. The Balaban J connectivity index is 0.00000133. The van der Waals surface area contributed by atoms with Gasteiger partial charge < -0.3 is 9.73 Å². The van der Waals surface area contributed by atoms with Gasteiger partial charge in [0.2, 0.25) is 0 Å². The topological polar surface area (TPSA) is 25.2 Å². The molecule has 0 radical (unpaired) electrons. The molecule has 1 N–H and O–H groups in total. The first-order valence-corrected chi connectivity index (χ1v) is 7.34. The van der Waals surface area contributed by atoms with Gasteiger partial charge in [0.25, 0.3) is 0 Å². The maximum absolute atomic E-state index is 5.40. The summed E-state index contributed by atoms with van der Waals surface area (Å²) in [6, 6.07) is 0. The molecule has 0 amide bonds. The number of hydrogen-bond donors (Lipinski definition) is 1. The van der Waals surface area contributed by atoms with E-state index in [0.29, 0.717) is 5.92 Å². The van der Waals surface area contributed by atoms with Gasteiger partial charge in [0.1, 0.15) is 6.26 Å². The van der Waals surface area contributed by atoms with Gasteiger partial charge in [-0.15, -0.1) is 12.4 Å². The lowest BCUT2D eigenvalue weighted by atomic mass is 9.87. The molecule has 0 aromatic heterocycles. The number of nitrogens with one attached hydrogen (secondary N) is 1. The van der Waals surface area contributed by atoms with Crippen LogP contribution in [0.5, 0.6) is 0 Å². The Hall–Kier alpha value is -0.510. The van der Waals surface area contributed by atoms with Gasteiger partial charge in [-0.05, 0) is 78.3 Å². The van der Waals surface area contributed by atoms with Crippen molar-refractivity contribution < 1.29 is 4.42 Å². The van der Waals surface area contributed by atoms with Gasteiger partial charge >= 0.3 is 0 Å². The maximum Gasteiger partial charge on any atom is 0.105 e. The number of piperidine rings is 1. The van der Waals surface area contributed by atoms with Crippen LogP contribution in [0.25, 0.3) is 11.1 Å².